The number of hydrogen-bond acceptors (Lipinski definition) is 4. The highest BCUT2D eigenvalue weighted by Crippen LogP contribution is 2.47. The SMILES string of the molecule is CC1=NOCC(c2ccc(-c3ccc([C@H]4C[C@H]4C(=O)O)cc3)cc2)=C1CSCCc1ccccc1. The number of rotatable bonds is 9. The van der Waals surface area contributed by atoms with Gasteiger partial charge in [0.05, 0.1) is 11.6 Å². The minimum absolute atomic E-state index is 0.163. The number of nitrogens with zero attached hydrogens (tertiary/aromatic N) is 1. The van der Waals surface area contributed by atoms with Crippen LogP contribution in [-0.4, -0.2) is 34.9 Å². The Hall–Kier alpha value is -3.31. The number of aryl methyl sites for hydroxylation is 1. The summed E-state index contributed by atoms with van der Waals surface area (Å²) in [7, 11) is 0. The van der Waals surface area contributed by atoms with E-state index >= 15 is 0 Å². The molecule has 5 heteroatoms. The molecule has 0 radical (unpaired) electrons. The van der Waals surface area contributed by atoms with Crippen LogP contribution >= 0.6 is 11.8 Å². The molecule has 2 aliphatic rings. The fraction of sp³-hybridized carbons (Fsp3) is 0.267. The smallest absolute Gasteiger partial charge is 0.307 e. The molecule has 0 spiro atoms. The largest absolute Gasteiger partial charge is 0.481 e. The van der Waals surface area contributed by atoms with Crippen LogP contribution < -0.4 is 0 Å². The first-order valence-electron chi connectivity index (χ1n) is 12.0. The molecule has 3 aromatic rings. The lowest BCUT2D eigenvalue weighted by Crippen LogP contribution is -2.14. The molecule has 5 rings (SSSR count). The van der Waals surface area contributed by atoms with E-state index in [0.29, 0.717) is 6.61 Å². The topological polar surface area (TPSA) is 58.9 Å². The van der Waals surface area contributed by atoms with E-state index in [9.17, 15) is 9.90 Å². The van der Waals surface area contributed by atoms with Crippen molar-refractivity contribution in [3.05, 3.63) is 101 Å². The molecular weight excluding hydrogens is 454 g/mol. The molecule has 2 atom stereocenters. The summed E-state index contributed by atoms with van der Waals surface area (Å²) in [6.07, 6.45) is 1.81. The molecule has 0 bridgehead atoms. The van der Waals surface area contributed by atoms with Crippen LogP contribution in [0.15, 0.2) is 89.6 Å². The average molecular weight is 484 g/mol. The molecular formula is C30H29NO3S. The molecule has 4 nitrogen and oxygen atoms in total. The van der Waals surface area contributed by atoms with Crippen molar-refractivity contribution in [1.82, 2.24) is 0 Å². The first kappa shape index (κ1) is 23.4. The third-order valence-corrected chi connectivity index (χ3v) is 7.83. The van der Waals surface area contributed by atoms with Crippen LogP contribution in [0.3, 0.4) is 0 Å². The number of carboxylic acid groups (broad SMARTS) is 1. The van der Waals surface area contributed by atoms with E-state index in [0.717, 1.165) is 46.7 Å². The summed E-state index contributed by atoms with van der Waals surface area (Å²) in [6, 6.07) is 27.6. The lowest BCUT2D eigenvalue weighted by Gasteiger charge is -2.19. The summed E-state index contributed by atoms with van der Waals surface area (Å²) < 4.78 is 0. The van der Waals surface area contributed by atoms with Gasteiger partial charge in [-0.2, -0.15) is 11.8 Å². The normalized spacial score (nSPS) is 19.2. The molecule has 1 saturated carbocycles. The van der Waals surface area contributed by atoms with Crippen molar-refractivity contribution >= 4 is 29.0 Å². The first-order chi connectivity index (χ1) is 17.1. The summed E-state index contributed by atoms with van der Waals surface area (Å²) >= 11 is 1.94. The molecule has 0 aromatic heterocycles. The number of carbonyl (C=O) groups is 1. The molecule has 1 heterocycles. The zero-order chi connectivity index (χ0) is 24.2. The standard InChI is InChI=1S/C30H29NO3S/c1-20-29(19-35-16-15-21-5-3-2-4-6-21)28(18-34-31-20)25-13-9-23(10-14-25)22-7-11-24(12-8-22)26-17-27(26)30(32)33/h2-14,26-27H,15-19H2,1H3,(H,32,33)/t26-,27-/m1/s1. The van der Waals surface area contributed by atoms with Gasteiger partial charge in [-0.3, -0.25) is 4.79 Å². The Morgan fingerprint density at radius 3 is 2.29 bits per heavy atom. The molecule has 0 amide bonds. The lowest BCUT2D eigenvalue weighted by molar-refractivity contribution is -0.138. The van der Waals surface area contributed by atoms with E-state index in [4.69, 9.17) is 4.84 Å². The van der Waals surface area contributed by atoms with E-state index in [1.807, 2.05) is 18.7 Å². The van der Waals surface area contributed by atoms with Gasteiger partial charge in [0.2, 0.25) is 0 Å². The Morgan fingerprint density at radius 1 is 0.971 bits per heavy atom. The van der Waals surface area contributed by atoms with Crippen molar-refractivity contribution in [1.29, 1.82) is 0 Å². The first-order valence-corrected chi connectivity index (χ1v) is 13.2. The second-order valence-electron chi connectivity index (χ2n) is 9.18. The molecule has 1 aliphatic carbocycles. The van der Waals surface area contributed by atoms with E-state index in [1.54, 1.807) is 0 Å². The van der Waals surface area contributed by atoms with E-state index < -0.39 is 5.97 Å². The predicted octanol–water partition coefficient (Wildman–Crippen LogP) is 6.68. The zero-order valence-electron chi connectivity index (χ0n) is 19.8. The van der Waals surface area contributed by atoms with Gasteiger partial charge < -0.3 is 9.94 Å². The number of benzene rings is 3. The summed E-state index contributed by atoms with van der Waals surface area (Å²) in [5, 5.41) is 13.4. The predicted molar refractivity (Wildman–Crippen MR) is 144 cm³/mol. The Morgan fingerprint density at radius 2 is 1.63 bits per heavy atom. The quantitative estimate of drug-likeness (QED) is 0.345. The number of aliphatic carboxylic acids is 1. The van der Waals surface area contributed by atoms with Gasteiger partial charge in [0.15, 0.2) is 0 Å². The van der Waals surface area contributed by atoms with Gasteiger partial charge >= 0.3 is 5.97 Å². The van der Waals surface area contributed by atoms with Crippen LogP contribution in [0, 0.1) is 5.92 Å². The highest BCUT2D eigenvalue weighted by molar-refractivity contribution is 7.99. The van der Waals surface area contributed by atoms with Gasteiger partial charge in [-0.1, -0.05) is 84.0 Å². The average Bonchev–Trinajstić information content (AvgIpc) is 3.70. The zero-order valence-corrected chi connectivity index (χ0v) is 20.6. The molecule has 1 fully saturated rings. The summed E-state index contributed by atoms with van der Waals surface area (Å²) in [5.74, 6) is 1.24. The Kier molecular flexibility index (Phi) is 7.05. The molecule has 35 heavy (non-hydrogen) atoms. The number of thioether (sulfide) groups is 1. The van der Waals surface area contributed by atoms with Gasteiger partial charge in [-0.25, -0.2) is 0 Å². The Balaban J connectivity index is 1.26. The molecule has 1 N–H and O–H groups in total. The van der Waals surface area contributed by atoms with Gasteiger partial charge in [-0.05, 0) is 64.8 Å². The molecule has 3 aromatic carbocycles. The van der Waals surface area contributed by atoms with Crippen molar-refractivity contribution in [2.75, 3.05) is 18.1 Å². The van der Waals surface area contributed by atoms with Gasteiger partial charge in [-0.15, -0.1) is 0 Å². The maximum absolute atomic E-state index is 11.2. The maximum atomic E-state index is 11.2. The van der Waals surface area contributed by atoms with Gasteiger partial charge in [0.1, 0.15) is 6.61 Å². The monoisotopic (exact) mass is 483 g/mol. The third kappa shape index (κ3) is 5.51. The van der Waals surface area contributed by atoms with E-state index in [-0.39, 0.29) is 11.8 Å². The second-order valence-corrected chi connectivity index (χ2v) is 10.3. The lowest BCUT2D eigenvalue weighted by atomic mass is 9.95. The van der Waals surface area contributed by atoms with E-state index in [1.165, 1.54) is 22.3 Å². The number of oxime groups is 1. The minimum Gasteiger partial charge on any atom is -0.481 e. The summed E-state index contributed by atoms with van der Waals surface area (Å²) in [4.78, 5) is 16.7. The van der Waals surface area contributed by atoms with Crippen LogP contribution in [-0.2, 0) is 16.1 Å². The molecule has 0 saturated heterocycles. The number of hydrogen-bond donors (Lipinski definition) is 1. The van der Waals surface area contributed by atoms with Gasteiger partial charge in [0.25, 0.3) is 0 Å². The van der Waals surface area contributed by atoms with Crippen LogP contribution in [0.1, 0.15) is 36.0 Å². The fourth-order valence-corrected chi connectivity index (χ4v) is 5.75. The van der Waals surface area contributed by atoms with Crippen molar-refractivity contribution in [3.63, 3.8) is 0 Å². The van der Waals surface area contributed by atoms with Crippen molar-refractivity contribution < 1.29 is 14.7 Å². The van der Waals surface area contributed by atoms with Crippen LogP contribution in [0.4, 0.5) is 0 Å². The second kappa shape index (κ2) is 10.5. The summed E-state index contributed by atoms with van der Waals surface area (Å²) in [6.45, 7) is 2.52. The molecule has 1 aliphatic heterocycles. The van der Waals surface area contributed by atoms with Gasteiger partial charge in [0, 0.05) is 11.3 Å². The van der Waals surface area contributed by atoms with E-state index in [2.05, 4.69) is 84.0 Å². The Bertz CT molecular complexity index is 1250. The molecule has 0 unspecified atom stereocenters. The Labute approximate surface area is 210 Å². The van der Waals surface area contributed by atoms with Crippen LogP contribution in [0.25, 0.3) is 16.7 Å². The van der Waals surface area contributed by atoms with Crippen molar-refractivity contribution in [2.45, 2.75) is 25.7 Å². The number of carboxylic acids is 1. The third-order valence-electron chi connectivity index (χ3n) is 6.85. The maximum Gasteiger partial charge on any atom is 0.307 e. The van der Waals surface area contributed by atoms with Crippen LogP contribution in [0.2, 0.25) is 0 Å². The van der Waals surface area contributed by atoms with Crippen LogP contribution in [0.5, 0.6) is 0 Å². The van der Waals surface area contributed by atoms with Crippen molar-refractivity contribution in [2.24, 2.45) is 11.1 Å². The highest BCUT2D eigenvalue weighted by atomic mass is 32.2. The minimum atomic E-state index is -0.690. The van der Waals surface area contributed by atoms with Crippen molar-refractivity contribution in [3.8, 4) is 11.1 Å². The highest BCUT2D eigenvalue weighted by Gasteiger charge is 2.44. The fourth-order valence-electron chi connectivity index (χ4n) is 4.64. The molecule has 178 valence electrons. The summed E-state index contributed by atoms with van der Waals surface area (Å²) in [5.41, 5.74) is 9.37.